The molecule has 1 unspecified atom stereocenters. The highest BCUT2D eigenvalue weighted by Gasteiger charge is 2.31. The summed E-state index contributed by atoms with van der Waals surface area (Å²) in [6, 6.07) is 4.30. The van der Waals surface area contributed by atoms with Gasteiger partial charge < -0.3 is 4.57 Å². The number of alkyl halides is 3. The Bertz CT molecular complexity index is 1110. The Labute approximate surface area is 158 Å². The predicted octanol–water partition coefficient (Wildman–Crippen LogP) is 3.65. The molecule has 2 heterocycles. The number of benzene rings is 1. The lowest BCUT2D eigenvalue weighted by Crippen LogP contribution is -2.29. The van der Waals surface area contributed by atoms with Crippen molar-refractivity contribution >= 4 is 21.1 Å². The van der Waals surface area contributed by atoms with Gasteiger partial charge in [0.25, 0.3) is 0 Å². The minimum Gasteiger partial charge on any atom is -0.327 e. The van der Waals surface area contributed by atoms with Crippen LogP contribution < -0.4 is 4.72 Å². The van der Waals surface area contributed by atoms with Crippen molar-refractivity contribution in [2.75, 3.05) is 0 Å². The van der Waals surface area contributed by atoms with E-state index in [9.17, 15) is 26.0 Å². The molecule has 0 amide bonds. The van der Waals surface area contributed by atoms with Crippen LogP contribution in [0.2, 0.25) is 0 Å². The van der Waals surface area contributed by atoms with E-state index in [1.165, 1.54) is 17.6 Å². The molecule has 3 rings (SSSR count). The summed E-state index contributed by atoms with van der Waals surface area (Å²) in [6.07, 6.45) is -3.62. The Balaban J connectivity index is 1.99. The van der Waals surface area contributed by atoms with Crippen LogP contribution in [0, 0.1) is 5.95 Å². The Kier molecular flexibility index (Phi) is 5.15. The molecule has 0 aliphatic carbocycles. The van der Waals surface area contributed by atoms with Gasteiger partial charge in [0, 0.05) is 6.54 Å². The van der Waals surface area contributed by atoms with Gasteiger partial charge in [-0.05, 0) is 44.2 Å². The van der Waals surface area contributed by atoms with Crippen molar-refractivity contribution in [3.63, 3.8) is 0 Å². The van der Waals surface area contributed by atoms with Crippen LogP contribution in [0.4, 0.5) is 17.6 Å². The molecule has 28 heavy (non-hydrogen) atoms. The third-order valence-corrected chi connectivity index (χ3v) is 5.68. The van der Waals surface area contributed by atoms with Crippen LogP contribution in [0.3, 0.4) is 0 Å². The first-order valence-electron chi connectivity index (χ1n) is 8.24. The number of hydrogen-bond acceptors (Lipinski definition) is 4. The van der Waals surface area contributed by atoms with Gasteiger partial charge in [-0.25, -0.2) is 23.1 Å². The van der Waals surface area contributed by atoms with Crippen molar-refractivity contribution in [3.8, 4) is 0 Å². The molecule has 0 aliphatic heterocycles. The number of nitrogens with one attached hydrogen (secondary N) is 1. The lowest BCUT2D eigenvalue weighted by atomic mass is 10.2. The maximum absolute atomic E-state index is 13.0. The number of fused-ring (bicyclic) bond motifs is 1. The highest BCUT2D eigenvalue weighted by atomic mass is 32.2. The third kappa shape index (κ3) is 3.85. The normalized spacial score (nSPS) is 13.8. The molecule has 1 atom stereocenters. The van der Waals surface area contributed by atoms with E-state index in [0.717, 1.165) is 30.5 Å². The summed E-state index contributed by atoms with van der Waals surface area (Å²) in [5.41, 5.74) is -0.243. The monoisotopic (exact) mass is 416 g/mol. The molecule has 0 saturated carbocycles. The summed E-state index contributed by atoms with van der Waals surface area (Å²) in [4.78, 5) is 7.37. The number of pyridine rings is 1. The van der Waals surface area contributed by atoms with Gasteiger partial charge in [0.2, 0.25) is 16.0 Å². The van der Waals surface area contributed by atoms with Crippen LogP contribution in [0.5, 0.6) is 0 Å². The maximum atomic E-state index is 13.0. The van der Waals surface area contributed by atoms with E-state index in [0.29, 0.717) is 5.52 Å². The SMILES string of the molecule is CCn1c(C(C)NS(=O)(=O)c2ccc(F)nc2)nc2ccc(C(F)(F)F)cc21. The zero-order valence-electron chi connectivity index (χ0n) is 14.8. The standard InChI is InChI=1S/C17H16F4N4O2S/c1-3-25-14-8-11(17(19,20)21)4-6-13(14)23-16(25)10(2)24-28(26,27)12-5-7-15(18)22-9-12/h4-10,24H,3H2,1-2H3. The second-order valence-corrected chi connectivity index (χ2v) is 7.79. The summed E-state index contributed by atoms with van der Waals surface area (Å²) in [5, 5.41) is 0. The van der Waals surface area contributed by atoms with Gasteiger partial charge in [-0.15, -0.1) is 0 Å². The zero-order chi connectivity index (χ0) is 20.7. The molecular formula is C17H16F4N4O2S. The van der Waals surface area contributed by atoms with Crippen molar-refractivity contribution in [3.05, 3.63) is 53.9 Å². The molecule has 1 aromatic carbocycles. The molecule has 6 nitrogen and oxygen atoms in total. The Morgan fingerprint density at radius 2 is 1.93 bits per heavy atom. The summed E-state index contributed by atoms with van der Waals surface area (Å²) < 4.78 is 80.8. The molecule has 0 saturated heterocycles. The van der Waals surface area contributed by atoms with Gasteiger partial charge >= 0.3 is 6.18 Å². The highest BCUT2D eigenvalue weighted by molar-refractivity contribution is 7.89. The molecule has 0 bridgehead atoms. The van der Waals surface area contributed by atoms with E-state index < -0.39 is 33.8 Å². The van der Waals surface area contributed by atoms with Crippen molar-refractivity contribution in [1.82, 2.24) is 19.3 Å². The largest absolute Gasteiger partial charge is 0.416 e. The minimum absolute atomic E-state index is 0.237. The van der Waals surface area contributed by atoms with Crippen LogP contribution in [-0.2, 0) is 22.7 Å². The predicted molar refractivity (Wildman–Crippen MR) is 93.3 cm³/mol. The van der Waals surface area contributed by atoms with E-state index in [1.807, 2.05) is 0 Å². The molecule has 0 fully saturated rings. The molecule has 150 valence electrons. The maximum Gasteiger partial charge on any atom is 0.416 e. The van der Waals surface area contributed by atoms with Gasteiger partial charge in [-0.3, -0.25) is 0 Å². The first kappa shape index (κ1) is 20.2. The van der Waals surface area contributed by atoms with Crippen molar-refractivity contribution in [1.29, 1.82) is 0 Å². The van der Waals surface area contributed by atoms with E-state index in [4.69, 9.17) is 0 Å². The zero-order valence-corrected chi connectivity index (χ0v) is 15.6. The number of rotatable bonds is 5. The molecule has 2 aromatic heterocycles. The summed E-state index contributed by atoms with van der Waals surface area (Å²) in [7, 11) is -4.03. The molecule has 0 aliphatic rings. The van der Waals surface area contributed by atoms with E-state index in [2.05, 4.69) is 14.7 Å². The first-order chi connectivity index (χ1) is 13.0. The number of aryl methyl sites for hydroxylation is 1. The van der Waals surface area contributed by atoms with Gasteiger partial charge in [0.15, 0.2) is 0 Å². The summed E-state index contributed by atoms with van der Waals surface area (Å²) in [5.74, 6) is -0.560. The van der Waals surface area contributed by atoms with Crippen LogP contribution >= 0.6 is 0 Å². The van der Waals surface area contributed by atoms with Crippen LogP contribution in [0.25, 0.3) is 11.0 Å². The van der Waals surface area contributed by atoms with Crippen molar-refractivity contribution in [2.45, 2.75) is 37.5 Å². The van der Waals surface area contributed by atoms with E-state index in [1.54, 1.807) is 6.92 Å². The Morgan fingerprint density at radius 3 is 2.50 bits per heavy atom. The smallest absolute Gasteiger partial charge is 0.327 e. The van der Waals surface area contributed by atoms with Crippen molar-refractivity contribution in [2.24, 2.45) is 0 Å². The van der Waals surface area contributed by atoms with Gasteiger partial charge in [0.05, 0.1) is 28.8 Å². The number of halogens is 4. The number of aromatic nitrogens is 3. The van der Waals surface area contributed by atoms with E-state index >= 15 is 0 Å². The average Bonchev–Trinajstić information content (AvgIpc) is 2.99. The van der Waals surface area contributed by atoms with Gasteiger partial charge in [-0.2, -0.15) is 17.6 Å². The fraction of sp³-hybridized carbons (Fsp3) is 0.294. The number of hydrogen-bond donors (Lipinski definition) is 1. The Hall–Kier alpha value is -2.53. The highest BCUT2D eigenvalue weighted by Crippen LogP contribution is 2.32. The number of imidazole rings is 1. The molecule has 0 radical (unpaired) electrons. The lowest BCUT2D eigenvalue weighted by molar-refractivity contribution is -0.137. The summed E-state index contributed by atoms with van der Waals surface area (Å²) in [6.45, 7) is 3.53. The van der Waals surface area contributed by atoms with Gasteiger partial charge in [0.1, 0.15) is 10.7 Å². The topological polar surface area (TPSA) is 76.9 Å². The fourth-order valence-electron chi connectivity index (χ4n) is 2.86. The molecule has 11 heteroatoms. The number of nitrogens with zero attached hydrogens (tertiary/aromatic N) is 3. The van der Waals surface area contributed by atoms with Crippen LogP contribution in [0.1, 0.15) is 31.3 Å². The molecule has 1 N–H and O–H groups in total. The third-order valence-electron chi connectivity index (χ3n) is 4.15. The van der Waals surface area contributed by atoms with E-state index in [-0.39, 0.29) is 22.8 Å². The average molecular weight is 416 g/mol. The fourth-order valence-corrected chi connectivity index (χ4v) is 4.00. The minimum atomic E-state index is -4.50. The second-order valence-electron chi connectivity index (χ2n) is 6.08. The number of sulfonamides is 1. The van der Waals surface area contributed by atoms with Crippen LogP contribution in [-0.4, -0.2) is 23.0 Å². The second kappa shape index (κ2) is 7.13. The summed E-state index contributed by atoms with van der Waals surface area (Å²) >= 11 is 0. The quantitative estimate of drug-likeness (QED) is 0.509. The Morgan fingerprint density at radius 1 is 1.21 bits per heavy atom. The molecule has 0 spiro atoms. The van der Waals surface area contributed by atoms with Gasteiger partial charge in [-0.1, -0.05) is 0 Å². The molecule has 3 aromatic rings. The lowest BCUT2D eigenvalue weighted by Gasteiger charge is -2.15. The first-order valence-corrected chi connectivity index (χ1v) is 9.72. The molecular weight excluding hydrogens is 400 g/mol. The van der Waals surface area contributed by atoms with Crippen LogP contribution in [0.15, 0.2) is 41.4 Å². The van der Waals surface area contributed by atoms with Crippen molar-refractivity contribution < 1.29 is 26.0 Å².